The molecule has 2 nitrogen and oxygen atoms in total. The van der Waals surface area contributed by atoms with Crippen molar-refractivity contribution in [2.45, 2.75) is 0 Å². The van der Waals surface area contributed by atoms with Crippen LogP contribution in [0.1, 0.15) is 5.69 Å². The first-order valence-electron chi connectivity index (χ1n) is 3.97. The van der Waals surface area contributed by atoms with E-state index in [0.717, 1.165) is 21.1 Å². The number of fused-ring (bicyclic) bond motifs is 1. The fourth-order valence-electron chi connectivity index (χ4n) is 1.42. The van der Waals surface area contributed by atoms with E-state index in [0.29, 0.717) is 0 Å². The van der Waals surface area contributed by atoms with Crippen LogP contribution in [0.5, 0.6) is 0 Å². The molecule has 0 radical (unpaired) electrons. The van der Waals surface area contributed by atoms with Crippen molar-refractivity contribution in [2.75, 3.05) is 0 Å². The summed E-state index contributed by atoms with van der Waals surface area (Å²) in [6, 6.07) is 6.11. The molecule has 0 bridgehead atoms. The molecule has 0 fully saturated rings. The minimum Gasteiger partial charge on any atom is -0.267 e. The van der Waals surface area contributed by atoms with Crippen LogP contribution in [0.2, 0.25) is 0 Å². The summed E-state index contributed by atoms with van der Waals surface area (Å²) in [5.74, 6) is 0. The van der Waals surface area contributed by atoms with E-state index < -0.39 is 0 Å². The minimum atomic E-state index is 0.929. The molecule has 66 valence electrons. The average Bonchev–Trinajstić information content (AvgIpc) is 2.42. The summed E-state index contributed by atoms with van der Waals surface area (Å²) in [5.41, 5.74) is 2.05. The number of hydrogen-bond donors (Lipinski definition) is 0. The molecule has 1 aromatic carbocycles. The van der Waals surface area contributed by atoms with Crippen LogP contribution in [0.25, 0.3) is 17.0 Å². The second kappa shape index (κ2) is 3.00. The Kier molecular flexibility index (Phi) is 1.96. The van der Waals surface area contributed by atoms with Gasteiger partial charge in [-0.1, -0.05) is 22.5 Å². The average molecular weight is 237 g/mol. The van der Waals surface area contributed by atoms with Gasteiger partial charge in [-0.25, -0.2) is 0 Å². The van der Waals surface area contributed by atoms with Crippen molar-refractivity contribution >= 4 is 32.9 Å². The summed E-state index contributed by atoms with van der Waals surface area (Å²) in [6.45, 7) is 3.73. The summed E-state index contributed by atoms with van der Waals surface area (Å²) in [5, 5.41) is 5.46. The normalized spacial score (nSPS) is 10.6. The van der Waals surface area contributed by atoms with E-state index in [1.165, 1.54) is 0 Å². The van der Waals surface area contributed by atoms with Gasteiger partial charge < -0.3 is 0 Å². The summed E-state index contributed by atoms with van der Waals surface area (Å²) in [7, 11) is 1.93. The molecule has 1 heterocycles. The number of nitrogens with zero attached hydrogens (tertiary/aromatic N) is 2. The summed E-state index contributed by atoms with van der Waals surface area (Å²) < 4.78 is 2.93. The molecule has 1 aromatic heterocycles. The molecule has 0 amide bonds. The zero-order valence-electron chi connectivity index (χ0n) is 7.29. The van der Waals surface area contributed by atoms with Crippen LogP contribution in [-0.2, 0) is 7.05 Å². The van der Waals surface area contributed by atoms with Crippen LogP contribution in [0.4, 0.5) is 0 Å². The van der Waals surface area contributed by atoms with Crippen molar-refractivity contribution in [1.29, 1.82) is 0 Å². The van der Waals surface area contributed by atoms with E-state index in [4.69, 9.17) is 0 Å². The van der Waals surface area contributed by atoms with Crippen LogP contribution in [0, 0.1) is 0 Å². The standard InChI is InChI=1S/C10H9BrN2/c1-3-9-8-6-7(11)4-5-10(8)13(2)12-9/h3-6H,1H2,2H3. The van der Waals surface area contributed by atoms with E-state index >= 15 is 0 Å². The topological polar surface area (TPSA) is 17.8 Å². The molecule has 0 spiro atoms. The Morgan fingerprint density at radius 3 is 3.00 bits per heavy atom. The SMILES string of the molecule is C=Cc1nn(C)c2ccc(Br)cc12. The Morgan fingerprint density at radius 2 is 2.31 bits per heavy atom. The van der Waals surface area contributed by atoms with E-state index in [-0.39, 0.29) is 0 Å². The molecule has 0 atom stereocenters. The molecular weight excluding hydrogens is 228 g/mol. The molecule has 0 aliphatic rings. The number of hydrogen-bond acceptors (Lipinski definition) is 1. The highest BCUT2D eigenvalue weighted by Gasteiger charge is 2.04. The highest BCUT2D eigenvalue weighted by atomic mass is 79.9. The molecule has 3 heteroatoms. The van der Waals surface area contributed by atoms with Crippen LogP contribution in [0.15, 0.2) is 29.3 Å². The molecule has 0 aliphatic carbocycles. The molecule has 2 aromatic rings. The van der Waals surface area contributed by atoms with Gasteiger partial charge in [-0.3, -0.25) is 4.68 Å². The molecule has 13 heavy (non-hydrogen) atoms. The van der Waals surface area contributed by atoms with Crippen molar-refractivity contribution in [3.63, 3.8) is 0 Å². The van der Waals surface area contributed by atoms with E-state index in [1.54, 1.807) is 6.08 Å². The maximum Gasteiger partial charge on any atom is 0.0924 e. The number of benzene rings is 1. The van der Waals surface area contributed by atoms with Gasteiger partial charge in [-0.2, -0.15) is 5.10 Å². The molecule has 0 saturated carbocycles. The molecule has 2 rings (SSSR count). The zero-order chi connectivity index (χ0) is 9.42. The highest BCUT2D eigenvalue weighted by molar-refractivity contribution is 9.10. The van der Waals surface area contributed by atoms with Gasteiger partial charge in [0, 0.05) is 16.9 Å². The Bertz CT molecular complexity index is 471. The van der Waals surface area contributed by atoms with Gasteiger partial charge in [-0.15, -0.1) is 0 Å². The quantitative estimate of drug-likeness (QED) is 0.745. The monoisotopic (exact) mass is 236 g/mol. The second-order valence-electron chi connectivity index (χ2n) is 2.87. The minimum absolute atomic E-state index is 0.929. The molecule has 0 aliphatic heterocycles. The van der Waals surface area contributed by atoms with Crippen molar-refractivity contribution in [2.24, 2.45) is 7.05 Å². The fourth-order valence-corrected chi connectivity index (χ4v) is 1.78. The van der Waals surface area contributed by atoms with Gasteiger partial charge in [0.2, 0.25) is 0 Å². The Labute approximate surface area is 85.0 Å². The molecule has 0 unspecified atom stereocenters. The van der Waals surface area contributed by atoms with E-state index in [9.17, 15) is 0 Å². The zero-order valence-corrected chi connectivity index (χ0v) is 8.87. The third-order valence-electron chi connectivity index (χ3n) is 2.03. The van der Waals surface area contributed by atoms with Gasteiger partial charge in [0.15, 0.2) is 0 Å². The lowest BCUT2D eigenvalue weighted by Gasteiger charge is -1.93. The lowest BCUT2D eigenvalue weighted by Crippen LogP contribution is -1.88. The first-order valence-corrected chi connectivity index (χ1v) is 4.76. The Morgan fingerprint density at radius 1 is 1.54 bits per heavy atom. The number of halogens is 1. The van der Waals surface area contributed by atoms with Crippen molar-refractivity contribution in [1.82, 2.24) is 9.78 Å². The predicted octanol–water partition coefficient (Wildman–Crippen LogP) is 2.98. The van der Waals surface area contributed by atoms with Crippen LogP contribution < -0.4 is 0 Å². The summed E-state index contributed by atoms with van der Waals surface area (Å²) >= 11 is 3.43. The predicted molar refractivity (Wildman–Crippen MR) is 58.5 cm³/mol. The second-order valence-corrected chi connectivity index (χ2v) is 3.79. The van der Waals surface area contributed by atoms with Gasteiger partial charge in [0.25, 0.3) is 0 Å². The summed E-state index contributed by atoms with van der Waals surface area (Å²) in [6.07, 6.45) is 1.77. The third kappa shape index (κ3) is 1.29. The Hall–Kier alpha value is -1.09. The van der Waals surface area contributed by atoms with Gasteiger partial charge in [0.05, 0.1) is 11.2 Å². The Balaban J connectivity index is 2.89. The third-order valence-corrected chi connectivity index (χ3v) is 2.53. The lowest BCUT2D eigenvalue weighted by atomic mass is 10.2. The maximum atomic E-state index is 4.33. The van der Waals surface area contributed by atoms with E-state index in [1.807, 2.05) is 23.9 Å². The molecular formula is C10H9BrN2. The first kappa shape index (κ1) is 8.51. The fraction of sp³-hybridized carbons (Fsp3) is 0.100. The summed E-state index contributed by atoms with van der Waals surface area (Å²) in [4.78, 5) is 0. The highest BCUT2D eigenvalue weighted by Crippen LogP contribution is 2.22. The number of rotatable bonds is 1. The van der Waals surface area contributed by atoms with Gasteiger partial charge in [0.1, 0.15) is 0 Å². The smallest absolute Gasteiger partial charge is 0.0924 e. The largest absolute Gasteiger partial charge is 0.267 e. The molecule has 0 saturated heterocycles. The number of aryl methyl sites for hydroxylation is 1. The van der Waals surface area contributed by atoms with Crippen molar-refractivity contribution < 1.29 is 0 Å². The van der Waals surface area contributed by atoms with Crippen molar-refractivity contribution in [3.8, 4) is 0 Å². The maximum absolute atomic E-state index is 4.33. The van der Waals surface area contributed by atoms with Crippen LogP contribution in [-0.4, -0.2) is 9.78 Å². The van der Waals surface area contributed by atoms with Gasteiger partial charge >= 0.3 is 0 Å². The van der Waals surface area contributed by atoms with E-state index in [2.05, 4.69) is 33.7 Å². The van der Waals surface area contributed by atoms with Crippen LogP contribution >= 0.6 is 15.9 Å². The first-order chi connectivity index (χ1) is 6.22. The number of aromatic nitrogens is 2. The van der Waals surface area contributed by atoms with Gasteiger partial charge in [-0.05, 0) is 24.3 Å². The molecule has 0 N–H and O–H groups in total. The lowest BCUT2D eigenvalue weighted by molar-refractivity contribution is 0.793. The van der Waals surface area contributed by atoms with Crippen LogP contribution in [0.3, 0.4) is 0 Å². The van der Waals surface area contributed by atoms with Crippen molar-refractivity contribution in [3.05, 3.63) is 34.9 Å².